The summed E-state index contributed by atoms with van der Waals surface area (Å²) in [7, 11) is 2.11. The summed E-state index contributed by atoms with van der Waals surface area (Å²) in [6, 6.07) is 7.71. The third-order valence-corrected chi connectivity index (χ3v) is 5.24. The summed E-state index contributed by atoms with van der Waals surface area (Å²) >= 11 is 14.1. The molecule has 0 aliphatic carbocycles. The van der Waals surface area contributed by atoms with E-state index in [0.29, 0.717) is 15.8 Å². The lowest BCUT2D eigenvalue weighted by atomic mass is 10.1. The van der Waals surface area contributed by atoms with E-state index in [9.17, 15) is 0 Å². The minimum absolute atomic E-state index is 0.00432. The summed E-state index contributed by atoms with van der Waals surface area (Å²) in [5.74, 6) is 0.647. The van der Waals surface area contributed by atoms with Crippen molar-refractivity contribution in [1.82, 2.24) is 4.90 Å². The molecule has 1 aromatic carbocycles. The van der Waals surface area contributed by atoms with Gasteiger partial charge in [-0.25, -0.2) is 0 Å². The van der Waals surface area contributed by atoms with Crippen LogP contribution in [0.4, 0.5) is 0 Å². The van der Waals surface area contributed by atoms with Gasteiger partial charge in [0.1, 0.15) is 16.9 Å². The van der Waals surface area contributed by atoms with Gasteiger partial charge in [0, 0.05) is 28.4 Å². The van der Waals surface area contributed by atoms with Gasteiger partial charge in [-0.3, -0.25) is 4.90 Å². The molecule has 0 fully saturated rings. The van der Waals surface area contributed by atoms with E-state index in [2.05, 4.69) is 24.9 Å². The Morgan fingerprint density at radius 1 is 1.35 bits per heavy atom. The Morgan fingerprint density at radius 2 is 2.15 bits per heavy atom. The number of halogens is 2. The van der Waals surface area contributed by atoms with Gasteiger partial charge in [0.05, 0.1) is 5.02 Å². The monoisotopic (exact) mass is 327 g/mol. The number of likely N-dealkylation sites (N-methyl/N-ethyl adjacent to an activating group) is 1. The van der Waals surface area contributed by atoms with Crippen LogP contribution in [0.2, 0.25) is 10.0 Å². The lowest BCUT2D eigenvalue weighted by molar-refractivity contribution is 0.131. The summed E-state index contributed by atoms with van der Waals surface area (Å²) in [4.78, 5) is 4.96. The van der Waals surface area contributed by atoms with E-state index in [1.54, 1.807) is 6.07 Å². The summed E-state index contributed by atoms with van der Waals surface area (Å²) in [6.07, 6.45) is 0.00432. The largest absolute Gasteiger partial charge is 0.483 e. The Kier molecular flexibility index (Phi) is 3.95. The summed E-state index contributed by atoms with van der Waals surface area (Å²) in [5.41, 5.74) is 1.28. The highest BCUT2D eigenvalue weighted by Gasteiger charge is 2.27. The number of fused-ring (bicyclic) bond motifs is 1. The van der Waals surface area contributed by atoms with Crippen LogP contribution in [0, 0.1) is 6.92 Å². The lowest BCUT2D eigenvalue weighted by Gasteiger charge is -2.30. The van der Waals surface area contributed by atoms with Crippen molar-refractivity contribution in [3.63, 3.8) is 0 Å². The zero-order valence-corrected chi connectivity index (χ0v) is 13.6. The Morgan fingerprint density at radius 3 is 2.95 bits per heavy atom. The van der Waals surface area contributed by atoms with E-state index in [4.69, 9.17) is 27.9 Å². The highest BCUT2D eigenvalue weighted by molar-refractivity contribution is 7.12. The molecule has 1 atom stereocenters. The Labute approximate surface area is 132 Å². The molecular formula is C15H15Cl2NOS. The zero-order chi connectivity index (χ0) is 14.3. The molecule has 0 spiro atoms. The van der Waals surface area contributed by atoms with E-state index in [-0.39, 0.29) is 6.10 Å². The second-order valence-electron chi connectivity index (χ2n) is 5.09. The van der Waals surface area contributed by atoms with Crippen LogP contribution in [-0.4, -0.2) is 18.5 Å². The molecule has 1 unspecified atom stereocenters. The number of thiophene rings is 1. The fourth-order valence-corrected chi connectivity index (χ4v) is 4.00. The molecule has 0 amide bonds. The van der Waals surface area contributed by atoms with Gasteiger partial charge in [0.2, 0.25) is 0 Å². The third-order valence-electron chi connectivity index (χ3n) is 3.39. The van der Waals surface area contributed by atoms with Crippen molar-refractivity contribution in [3.8, 4) is 5.75 Å². The predicted molar refractivity (Wildman–Crippen MR) is 85.2 cm³/mol. The first-order valence-electron chi connectivity index (χ1n) is 6.43. The highest BCUT2D eigenvalue weighted by Crippen LogP contribution is 2.38. The molecule has 106 valence electrons. The third kappa shape index (κ3) is 2.68. The average molecular weight is 328 g/mol. The quantitative estimate of drug-likeness (QED) is 0.775. The van der Waals surface area contributed by atoms with Crippen LogP contribution in [0.5, 0.6) is 5.75 Å². The van der Waals surface area contributed by atoms with E-state index < -0.39 is 0 Å². The number of aryl methyl sites for hydroxylation is 1. The molecule has 0 saturated carbocycles. The number of nitrogens with zero attached hydrogens (tertiary/aromatic N) is 1. The first-order valence-corrected chi connectivity index (χ1v) is 8.00. The molecule has 0 N–H and O–H groups in total. The number of rotatable bonds is 2. The second-order valence-corrected chi connectivity index (χ2v) is 7.22. The van der Waals surface area contributed by atoms with Gasteiger partial charge in [0.25, 0.3) is 0 Å². The smallest absolute Gasteiger partial charge is 0.140 e. The van der Waals surface area contributed by atoms with Crippen molar-refractivity contribution in [2.24, 2.45) is 0 Å². The molecule has 5 heteroatoms. The molecule has 3 rings (SSSR count). The Bertz CT molecular complexity index is 641. The van der Waals surface area contributed by atoms with Gasteiger partial charge in [-0.15, -0.1) is 11.3 Å². The van der Waals surface area contributed by atoms with Crippen molar-refractivity contribution in [3.05, 3.63) is 49.6 Å². The zero-order valence-electron chi connectivity index (χ0n) is 11.3. The minimum Gasteiger partial charge on any atom is -0.483 e. The standard InChI is InChI=1S/C15H15Cl2NOS/c1-9-6-10-13(7-18(2)8-14(10)20-9)19-12-5-3-4-11(16)15(12)17/h3-6,13H,7-8H2,1-2H3. The van der Waals surface area contributed by atoms with E-state index in [1.165, 1.54) is 15.3 Å². The SMILES string of the molecule is Cc1cc2c(s1)CN(C)CC2Oc1cccc(Cl)c1Cl. The summed E-state index contributed by atoms with van der Waals surface area (Å²) < 4.78 is 6.13. The van der Waals surface area contributed by atoms with Crippen LogP contribution in [0.3, 0.4) is 0 Å². The first-order chi connectivity index (χ1) is 9.54. The normalized spacial score (nSPS) is 18.9. The Hall–Kier alpha value is -0.740. The molecule has 0 saturated heterocycles. The van der Waals surface area contributed by atoms with E-state index >= 15 is 0 Å². The van der Waals surface area contributed by atoms with E-state index in [1.807, 2.05) is 23.5 Å². The van der Waals surface area contributed by atoms with Gasteiger partial charge < -0.3 is 4.74 Å². The number of benzene rings is 1. The lowest BCUT2D eigenvalue weighted by Crippen LogP contribution is -2.32. The van der Waals surface area contributed by atoms with Crippen LogP contribution < -0.4 is 4.74 Å². The van der Waals surface area contributed by atoms with Gasteiger partial charge in [-0.1, -0.05) is 29.3 Å². The summed E-state index contributed by atoms with van der Waals surface area (Å²) in [5, 5.41) is 1.01. The number of ether oxygens (including phenoxy) is 1. The molecule has 1 aliphatic heterocycles. The maximum atomic E-state index is 6.21. The Balaban J connectivity index is 1.93. The van der Waals surface area contributed by atoms with Gasteiger partial charge >= 0.3 is 0 Å². The van der Waals surface area contributed by atoms with E-state index in [0.717, 1.165) is 13.1 Å². The number of hydrogen-bond donors (Lipinski definition) is 0. The topological polar surface area (TPSA) is 12.5 Å². The van der Waals surface area contributed by atoms with Crippen molar-refractivity contribution in [1.29, 1.82) is 0 Å². The van der Waals surface area contributed by atoms with Gasteiger partial charge in [-0.05, 0) is 32.2 Å². The maximum absolute atomic E-state index is 6.21. The summed E-state index contributed by atoms with van der Waals surface area (Å²) in [6.45, 7) is 3.97. The fourth-order valence-electron chi connectivity index (χ4n) is 2.50. The van der Waals surface area contributed by atoms with Gasteiger partial charge in [0.15, 0.2) is 0 Å². The van der Waals surface area contributed by atoms with Crippen LogP contribution in [0.15, 0.2) is 24.3 Å². The highest BCUT2D eigenvalue weighted by atomic mass is 35.5. The molecule has 2 nitrogen and oxygen atoms in total. The molecular weight excluding hydrogens is 313 g/mol. The molecule has 0 radical (unpaired) electrons. The van der Waals surface area contributed by atoms with Crippen molar-refractivity contribution in [2.45, 2.75) is 19.6 Å². The van der Waals surface area contributed by atoms with Crippen molar-refractivity contribution >= 4 is 34.5 Å². The minimum atomic E-state index is 0.00432. The second kappa shape index (κ2) is 5.57. The van der Waals surface area contributed by atoms with Crippen molar-refractivity contribution < 1.29 is 4.74 Å². The number of hydrogen-bond acceptors (Lipinski definition) is 3. The van der Waals surface area contributed by atoms with Crippen molar-refractivity contribution in [2.75, 3.05) is 13.6 Å². The molecule has 2 heterocycles. The molecule has 20 heavy (non-hydrogen) atoms. The predicted octanol–water partition coefficient (Wildman–Crippen LogP) is 4.93. The maximum Gasteiger partial charge on any atom is 0.140 e. The molecule has 1 aromatic heterocycles. The molecule has 1 aliphatic rings. The first kappa shape index (κ1) is 14.2. The van der Waals surface area contributed by atoms with Crippen LogP contribution in [0.25, 0.3) is 0 Å². The molecule has 0 bridgehead atoms. The van der Waals surface area contributed by atoms with Crippen LogP contribution >= 0.6 is 34.5 Å². The fraction of sp³-hybridized carbons (Fsp3) is 0.333. The van der Waals surface area contributed by atoms with Crippen LogP contribution in [0.1, 0.15) is 21.4 Å². The van der Waals surface area contributed by atoms with Gasteiger partial charge in [-0.2, -0.15) is 0 Å². The molecule has 2 aromatic rings. The van der Waals surface area contributed by atoms with Crippen LogP contribution in [-0.2, 0) is 6.54 Å². The average Bonchev–Trinajstić information content (AvgIpc) is 2.75.